The van der Waals surface area contributed by atoms with Crippen LogP contribution in [0.3, 0.4) is 0 Å². The molecule has 1 atom stereocenters. The summed E-state index contributed by atoms with van der Waals surface area (Å²) >= 11 is 0. The molecule has 8 heteroatoms. The van der Waals surface area contributed by atoms with E-state index in [1.54, 1.807) is 55.5 Å². The summed E-state index contributed by atoms with van der Waals surface area (Å²) in [7, 11) is 0. The van der Waals surface area contributed by atoms with Crippen molar-refractivity contribution in [3.05, 3.63) is 72.0 Å². The van der Waals surface area contributed by atoms with Crippen LogP contribution in [0.2, 0.25) is 0 Å². The summed E-state index contributed by atoms with van der Waals surface area (Å²) in [5.41, 5.74) is 4.56. The van der Waals surface area contributed by atoms with Gasteiger partial charge in [0.1, 0.15) is 24.1 Å². The second-order valence-corrected chi connectivity index (χ2v) is 6.57. The van der Waals surface area contributed by atoms with Crippen molar-refractivity contribution in [2.45, 2.75) is 13.0 Å². The first-order valence-electron chi connectivity index (χ1n) is 9.16. The number of furan rings is 1. The standard InChI is InChI=1S/C22H18N2O6/c1-13(14-6-8-15(9-7-14)16-10-11-19(29-16)22(26)27)23-24-21(25)20-12-28-17-4-2-3-5-18(17)30-20/h2-11,20H,12H2,1H3,(H,24,25)(H,26,27)/p-1/b23-13-/t20-/m1/s1. The third kappa shape index (κ3) is 4.02. The Bertz CT molecular complexity index is 1120. The van der Waals surface area contributed by atoms with E-state index in [4.69, 9.17) is 13.9 Å². The van der Waals surface area contributed by atoms with Gasteiger partial charge in [0.15, 0.2) is 11.5 Å². The van der Waals surface area contributed by atoms with E-state index in [0.29, 0.717) is 28.5 Å². The largest absolute Gasteiger partial charge is 0.542 e. The van der Waals surface area contributed by atoms with Crippen LogP contribution in [0.5, 0.6) is 11.5 Å². The van der Waals surface area contributed by atoms with Gasteiger partial charge in [0.05, 0.1) is 5.71 Å². The minimum absolute atomic E-state index is 0.100. The molecule has 4 rings (SSSR count). The number of hydrazone groups is 1. The molecule has 1 aliphatic heterocycles. The number of hydrogen-bond donors (Lipinski definition) is 1. The van der Waals surface area contributed by atoms with Crippen molar-refractivity contribution >= 4 is 17.6 Å². The highest BCUT2D eigenvalue weighted by Gasteiger charge is 2.27. The lowest BCUT2D eigenvalue weighted by molar-refractivity contribution is -0.257. The Kier molecular flexibility index (Phi) is 5.21. The van der Waals surface area contributed by atoms with Crippen molar-refractivity contribution in [1.29, 1.82) is 0 Å². The summed E-state index contributed by atoms with van der Waals surface area (Å²) in [4.78, 5) is 23.2. The van der Waals surface area contributed by atoms with E-state index in [2.05, 4.69) is 10.5 Å². The van der Waals surface area contributed by atoms with Gasteiger partial charge in [-0.3, -0.25) is 4.79 Å². The van der Waals surface area contributed by atoms with Gasteiger partial charge in [-0.25, -0.2) is 5.43 Å². The van der Waals surface area contributed by atoms with E-state index in [9.17, 15) is 14.7 Å². The lowest BCUT2D eigenvalue weighted by Gasteiger charge is -2.24. The molecule has 0 aliphatic carbocycles. The molecule has 2 heterocycles. The Morgan fingerprint density at radius 3 is 2.47 bits per heavy atom. The molecule has 0 unspecified atom stereocenters. The fraction of sp³-hybridized carbons (Fsp3) is 0.136. The van der Waals surface area contributed by atoms with Gasteiger partial charge in [0, 0.05) is 5.56 Å². The highest BCUT2D eigenvalue weighted by Crippen LogP contribution is 2.30. The van der Waals surface area contributed by atoms with Crippen molar-refractivity contribution in [3.63, 3.8) is 0 Å². The Morgan fingerprint density at radius 1 is 1.03 bits per heavy atom. The summed E-state index contributed by atoms with van der Waals surface area (Å²) in [6.45, 7) is 1.85. The lowest BCUT2D eigenvalue weighted by atomic mass is 10.1. The van der Waals surface area contributed by atoms with Crippen LogP contribution < -0.4 is 20.0 Å². The van der Waals surface area contributed by atoms with E-state index >= 15 is 0 Å². The average Bonchev–Trinajstić information content (AvgIpc) is 3.28. The zero-order chi connectivity index (χ0) is 21.1. The van der Waals surface area contributed by atoms with Crippen LogP contribution in [-0.4, -0.2) is 30.3 Å². The molecule has 1 aliphatic rings. The molecule has 0 radical (unpaired) electrons. The van der Waals surface area contributed by atoms with Gasteiger partial charge in [-0.05, 0) is 36.8 Å². The SMILES string of the molecule is C/C(=N/NC(=O)[C@H]1COc2ccccc2O1)c1ccc(-c2ccc(C(=O)[O-])o2)cc1. The van der Waals surface area contributed by atoms with Crippen LogP contribution in [0.25, 0.3) is 11.3 Å². The van der Waals surface area contributed by atoms with Crippen LogP contribution in [0.4, 0.5) is 0 Å². The first-order valence-corrected chi connectivity index (χ1v) is 9.16. The van der Waals surface area contributed by atoms with Crippen LogP contribution in [0.15, 0.2) is 70.2 Å². The van der Waals surface area contributed by atoms with Crippen LogP contribution in [0, 0.1) is 0 Å². The van der Waals surface area contributed by atoms with Crippen molar-refractivity contribution in [3.8, 4) is 22.8 Å². The van der Waals surface area contributed by atoms with E-state index in [1.807, 2.05) is 6.07 Å². The number of amides is 1. The third-order valence-electron chi connectivity index (χ3n) is 4.53. The van der Waals surface area contributed by atoms with Crippen molar-refractivity contribution < 1.29 is 28.6 Å². The second-order valence-electron chi connectivity index (χ2n) is 6.57. The number of ether oxygens (including phenoxy) is 2. The highest BCUT2D eigenvalue weighted by atomic mass is 16.6. The molecular formula is C22H17N2O6-. The molecule has 30 heavy (non-hydrogen) atoms. The number of aromatic carboxylic acids is 1. The quantitative estimate of drug-likeness (QED) is 0.513. The molecule has 152 valence electrons. The Balaban J connectivity index is 1.39. The van der Waals surface area contributed by atoms with Gasteiger partial charge in [-0.1, -0.05) is 36.4 Å². The number of carbonyl (C=O) groups excluding carboxylic acids is 2. The maximum Gasteiger partial charge on any atom is 0.284 e. The predicted molar refractivity (Wildman–Crippen MR) is 105 cm³/mol. The molecule has 0 bridgehead atoms. The zero-order valence-corrected chi connectivity index (χ0v) is 16.0. The van der Waals surface area contributed by atoms with Crippen molar-refractivity contribution in [2.75, 3.05) is 6.61 Å². The van der Waals surface area contributed by atoms with Gasteiger partial charge >= 0.3 is 0 Å². The topological polar surface area (TPSA) is 113 Å². The number of nitrogens with one attached hydrogen (secondary N) is 1. The molecular weight excluding hydrogens is 388 g/mol. The number of carboxylic acids is 1. The van der Waals surface area contributed by atoms with Crippen molar-refractivity contribution in [2.24, 2.45) is 5.10 Å². The van der Waals surface area contributed by atoms with E-state index < -0.39 is 18.0 Å². The Labute approximate surface area is 171 Å². The molecule has 8 nitrogen and oxygen atoms in total. The molecule has 1 aromatic heterocycles. The number of benzene rings is 2. The smallest absolute Gasteiger partial charge is 0.284 e. The van der Waals surface area contributed by atoms with Crippen LogP contribution in [0.1, 0.15) is 23.0 Å². The first-order chi connectivity index (χ1) is 14.5. The Hall–Kier alpha value is -4.07. The molecule has 0 spiro atoms. The minimum atomic E-state index is -1.37. The van der Waals surface area contributed by atoms with Gasteiger partial charge in [-0.15, -0.1) is 0 Å². The molecule has 0 fully saturated rings. The average molecular weight is 405 g/mol. The van der Waals surface area contributed by atoms with Crippen LogP contribution >= 0.6 is 0 Å². The normalized spacial score (nSPS) is 15.5. The third-order valence-corrected chi connectivity index (χ3v) is 4.53. The summed E-state index contributed by atoms with van der Waals surface area (Å²) < 4.78 is 16.4. The molecule has 1 N–H and O–H groups in total. The highest BCUT2D eigenvalue weighted by molar-refractivity contribution is 5.99. The number of rotatable bonds is 5. The summed E-state index contributed by atoms with van der Waals surface area (Å²) in [5, 5.41) is 14.9. The number of para-hydroxylation sites is 2. The molecule has 1 amide bonds. The molecule has 0 saturated carbocycles. The number of fused-ring (bicyclic) bond motifs is 1. The molecule has 2 aromatic carbocycles. The van der Waals surface area contributed by atoms with Gasteiger partial charge in [0.2, 0.25) is 6.10 Å². The summed E-state index contributed by atoms with van der Waals surface area (Å²) in [5.74, 6) is -0.479. The number of hydrogen-bond acceptors (Lipinski definition) is 7. The van der Waals surface area contributed by atoms with Crippen molar-refractivity contribution in [1.82, 2.24) is 5.43 Å². The molecule has 3 aromatic rings. The monoisotopic (exact) mass is 405 g/mol. The lowest BCUT2D eigenvalue weighted by Crippen LogP contribution is -2.42. The Morgan fingerprint density at radius 2 is 1.77 bits per heavy atom. The van der Waals surface area contributed by atoms with Gasteiger partial charge < -0.3 is 23.8 Å². The van der Waals surface area contributed by atoms with E-state index in [0.717, 1.165) is 5.56 Å². The number of carboxylic acid groups (broad SMARTS) is 1. The summed E-state index contributed by atoms with van der Waals surface area (Å²) in [6, 6.07) is 17.2. The van der Waals surface area contributed by atoms with Gasteiger partial charge in [0.25, 0.3) is 5.91 Å². The fourth-order valence-electron chi connectivity index (χ4n) is 2.90. The first kappa shape index (κ1) is 19.3. The zero-order valence-electron chi connectivity index (χ0n) is 16.0. The molecule has 0 saturated heterocycles. The van der Waals surface area contributed by atoms with E-state index in [-0.39, 0.29) is 12.4 Å². The van der Waals surface area contributed by atoms with E-state index in [1.165, 1.54) is 6.07 Å². The second kappa shape index (κ2) is 8.12. The van der Waals surface area contributed by atoms with Gasteiger partial charge in [-0.2, -0.15) is 5.10 Å². The maximum absolute atomic E-state index is 12.4. The summed E-state index contributed by atoms with van der Waals surface area (Å²) in [6.07, 6.45) is -0.796. The number of nitrogens with zero attached hydrogens (tertiary/aromatic N) is 1. The van der Waals surface area contributed by atoms with Crippen LogP contribution in [-0.2, 0) is 4.79 Å². The minimum Gasteiger partial charge on any atom is -0.542 e. The number of carbonyl (C=O) groups is 2. The maximum atomic E-state index is 12.4. The fourth-order valence-corrected chi connectivity index (χ4v) is 2.90. The predicted octanol–water partition coefficient (Wildman–Crippen LogP) is 1.99.